The number of carbonyl (C=O) groups is 2. The van der Waals surface area contributed by atoms with Crippen molar-refractivity contribution in [2.75, 3.05) is 20.3 Å². The van der Waals surface area contributed by atoms with Crippen molar-refractivity contribution >= 4 is 39.1 Å². The second-order valence-electron chi connectivity index (χ2n) is 3.62. The number of hydrogen-bond donors (Lipinski definition) is 2. The number of nitrogens with one attached hydrogen (secondary N) is 2. The van der Waals surface area contributed by atoms with Crippen LogP contribution in [-0.4, -0.2) is 38.1 Å². The summed E-state index contributed by atoms with van der Waals surface area (Å²) < 4.78 is 5.70. The first-order chi connectivity index (χ1) is 8.54. The zero-order chi connectivity index (χ0) is 13.5. The van der Waals surface area contributed by atoms with Gasteiger partial charge in [0.2, 0.25) is 5.91 Å². The predicted molar refractivity (Wildman–Crippen MR) is 73.8 cm³/mol. The fourth-order valence-electron chi connectivity index (χ4n) is 1.20. The van der Waals surface area contributed by atoms with E-state index >= 15 is 0 Å². The van der Waals surface area contributed by atoms with Gasteiger partial charge in [-0.1, -0.05) is 0 Å². The summed E-state index contributed by atoms with van der Waals surface area (Å²) >= 11 is 4.71. The van der Waals surface area contributed by atoms with Gasteiger partial charge in [-0.05, 0) is 28.9 Å². The van der Waals surface area contributed by atoms with Crippen LogP contribution in [0.5, 0.6) is 0 Å². The van der Waals surface area contributed by atoms with Gasteiger partial charge in [-0.2, -0.15) is 0 Å². The minimum absolute atomic E-state index is 0.227. The third kappa shape index (κ3) is 4.75. The van der Waals surface area contributed by atoms with Gasteiger partial charge in [-0.25, -0.2) is 0 Å². The highest BCUT2D eigenvalue weighted by Gasteiger charge is 2.16. The molecule has 0 bridgehead atoms. The summed E-state index contributed by atoms with van der Waals surface area (Å²) in [6.45, 7) is 2.52. The molecule has 0 spiro atoms. The van der Waals surface area contributed by atoms with E-state index in [0.717, 1.165) is 3.79 Å². The fraction of sp³-hybridized carbons (Fsp3) is 0.455. The Balaban J connectivity index is 2.41. The maximum Gasteiger partial charge on any atom is 0.252 e. The number of halogens is 1. The van der Waals surface area contributed by atoms with E-state index in [4.69, 9.17) is 4.74 Å². The van der Waals surface area contributed by atoms with Crippen molar-refractivity contribution in [3.63, 3.8) is 0 Å². The SMILES string of the molecule is COCCNC(=O)C(C)NC(=O)c1csc(Br)c1. The van der Waals surface area contributed by atoms with Gasteiger partial charge in [-0.3, -0.25) is 9.59 Å². The Kier molecular flexibility index (Phi) is 6.31. The predicted octanol–water partition coefficient (Wildman–Crippen LogP) is 1.39. The van der Waals surface area contributed by atoms with Gasteiger partial charge < -0.3 is 15.4 Å². The van der Waals surface area contributed by atoms with Crippen molar-refractivity contribution in [3.05, 3.63) is 20.8 Å². The van der Waals surface area contributed by atoms with Gasteiger partial charge in [0.05, 0.1) is 16.0 Å². The lowest BCUT2D eigenvalue weighted by atomic mass is 10.2. The normalized spacial score (nSPS) is 11.9. The number of ether oxygens (including phenoxy) is 1. The Bertz CT molecular complexity index is 422. The third-order valence-electron chi connectivity index (χ3n) is 2.18. The van der Waals surface area contributed by atoms with Crippen LogP contribution in [0.15, 0.2) is 15.2 Å². The van der Waals surface area contributed by atoms with Crippen molar-refractivity contribution in [2.24, 2.45) is 0 Å². The first kappa shape index (κ1) is 15.1. The standard InChI is InChI=1S/C11H15BrN2O3S/c1-7(10(15)13-3-4-17-2)14-11(16)8-5-9(12)18-6-8/h5-7H,3-4H2,1-2H3,(H,13,15)(H,14,16). The van der Waals surface area contributed by atoms with E-state index < -0.39 is 6.04 Å². The van der Waals surface area contributed by atoms with Crippen LogP contribution in [0.2, 0.25) is 0 Å². The minimum atomic E-state index is -0.576. The van der Waals surface area contributed by atoms with Gasteiger partial charge in [0.15, 0.2) is 0 Å². The van der Waals surface area contributed by atoms with E-state index in [9.17, 15) is 9.59 Å². The number of carbonyl (C=O) groups excluding carboxylic acids is 2. The quantitative estimate of drug-likeness (QED) is 0.772. The second kappa shape index (κ2) is 7.50. The molecule has 1 atom stereocenters. The largest absolute Gasteiger partial charge is 0.383 e. The topological polar surface area (TPSA) is 67.4 Å². The molecule has 0 saturated heterocycles. The molecule has 7 heteroatoms. The van der Waals surface area contributed by atoms with Crippen LogP contribution in [0.1, 0.15) is 17.3 Å². The van der Waals surface area contributed by atoms with Crippen LogP contribution in [-0.2, 0) is 9.53 Å². The molecule has 0 radical (unpaired) electrons. The molecule has 1 rings (SSSR count). The number of thiophene rings is 1. The summed E-state index contributed by atoms with van der Waals surface area (Å²) in [6, 6.07) is 1.14. The van der Waals surface area contributed by atoms with E-state index in [2.05, 4.69) is 26.6 Å². The Morgan fingerprint density at radius 3 is 2.83 bits per heavy atom. The Morgan fingerprint density at radius 1 is 1.56 bits per heavy atom. The average Bonchev–Trinajstić information content (AvgIpc) is 2.76. The van der Waals surface area contributed by atoms with Crippen LogP contribution in [0, 0.1) is 0 Å². The fourth-order valence-corrected chi connectivity index (χ4v) is 2.34. The molecule has 2 amide bonds. The molecule has 100 valence electrons. The first-order valence-electron chi connectivity index (χ1n) is 5.36. The highest BCUT2D eigenvalue weighted by molar-refractivity contribution is 9.11. The lowest BCUT2D eigenvalue weighted by Crippen LogP contribution is -2.45. The lowest BCUT2D eigenvalue weighted by Gasteiger charge is -2.13. The molecule has 0 aromatic carbocycles. The Labute approximate surface area is 118 Å². The molecule has 0 fully saturated rings. The maximum atomic E-state index is 11.8. The van der Waals surface area contributed by atoms with E-state index in [1.165, 1.54) is 11.3 Å². The van der Waals surface area contributed by atoms with Crippen molar-refractivity contribution in [1.82, 2.24) is 10.6 Å². The van der Waals surface area contributed by atoms with Crippen molar-refractivity contribution in [2.45, 2.75) is 13.0 Å². The molecule has 5 nitrogen and oxygen atoms in total. The minimum Gasteiger partial charge on any atom is -0.383 e. The molecule has 1 aromatic rings. The zero-order valence-corrected chi connectivity index (χ0v) is 12.6. The summed E-state index contributed by atoms with van der Waals surface area (Å²) in [5.41, 5.74) is 0.545. The molecule has 18 heavy (non-hydrogen) atoms. The Morgan fingerprint density at radius 2 is 2.28 bits per heavy atom. The molecule has 0 aliphatic rings. The monoisotopic (exact) mass is 334 g/mol. The van der Waals surface area contributed by atoms with Crippen molar-refractivity contribution < 1.29 is 14.3 Å². The van der Waals surface area contributed by atoms with Crippen LogP contribution >= 0.6 is 27.3 Å². The lowest BCUT2D eigenvalue weighted by molar-refractivity contribution is -0.122. The number of hydrogen-bond acceptors (Lipinski definition) is 4. The molecule has 1 heterocycles. The average molecular weight is 335 g/mol. The van der Waals surface area contributed by atoms with Crippen LogP contribution in [0.25, 0.3) is 0 Å². The summed E-state index contributed by atoms with van der Waals surface area (Å²) in [7, 11) is 1.56. The van der Waals surface area contributed by atoms with Crippen LogP contribution in [0.3, 0.4) is 0 Å². The van der Waals surface area contributed by atoms with E-state index in [1.807, 2.05) is 0 Å². The third-order valence-corrected chi connectivity index (χ3v) is 3.68. The van der Waals surface area contributed by atoms with Gasteiger partial charge in [0.25, 0.3) is 5.91 Å². The van der Waals surface area contributed by atoms with Crippen LogP contribution < -0.4 is 10.6 Å². The first-order valence-corrected chi connectivity index (χ1v) is 7.03. The zero-order valence-electron chi connectivity index (χ0n) is 10.2. The molecule has 0 aliphatic carbocycles. The van der Waals surface area contributed by atoms with Gasteiger partial charge >= 0.3 is 0 Å². The summed E-state index contributed by atoms with van der Waals surface area (Å²) in [5, 5.41) is 7.02. The highest BCUT2D eigenvalue weighted by atomic mass is 79.9. The van der Waals surface area contributed by atoms with Crippen LogP contribution in [0.4, 0.5) is 0 Å². The molecule has 0 saturated carbocycles. The van der Waals surface area contributed by atoms with Gasteiger partial charge in [-0.15, -0.1) is 11.3 Å². The van der Waals surface area contributed by atoms with Crippen molar-refractivity contribution in [3.8, 4) is 0 Å². The molecule has 0 aliphatic heterocycles. The summed E-state index contributed by atoms with van der Waals surface area (Å²) in [4.78, 5) is 23.4. The molecule has 1 unspecified atom stereocenters. The molecule has 1 aromatic heterocycles. The van der Waals surface area contributed by atoms with E-state index in [-0.39, 0.29) is 11.8 Å². The smallest absolute Gasteiger partial charge is 0.252 e. The summed E-state index contributed by atoms with van der Waals surface area (Å²) in [5.74, 6) is -0.485. The summed E-state index contributed by atoms with van der Waals surface area (Å²) in [6.07, 6.45) is 0. The highest BCUT2D eigenvalue weighted by Crippen LogP contribution is 2.20. The van der Waals surface area contributed by atoms with Gasteiger partial charge in [0.1, 0.15) is 6.04 Å². The maximum absolute atomic E-state index is 11.8. The van der Waals surface area contributed by atoms with E-state index in [0.29, 0.717) is 18.7 Å². The molecule has 2 N–H and O–H groups in total. The molecular formula is C11H15BrN2O3S. The van der Waals surface area contributed by atoms with E-state index in [1.54, 1.807) is 25.5 Å². The van der Waals surface area contributed by atoms with Crippen molar-refractivity contribution in [1.29, 1.82) is 0 Å². The number of rotatable bonds is 6. The molecular weight excluding hydrogens is 320 g/mol. The van der Waals surface area contributed by atoms with Gasteiger partial charge in [0, 0.05) is 19.0 Å². The number of methoxy groups -OCH3 is 1. The Hall–Kier alpha value is -0.920. The number of amides is 2. The second-order valence-corrected chi connectivity index (χ2v) is 5.91.